The molecule has 0 aliphatic carbocycles. The second-order valence-corrected chi connectivity index (χ2v) is 4.31. The maximum Gasteiger partial charge on any atom is 0.116 e. The predicted octanol–water partition coefficient (Wildman–Crippen LogP) is 0.969. The lowest BCUT2D eigenvalue weighted by atomic mass is 9.88. The van der Waals surface area contributed by atoms with Gasteiger partial charge >= 0.3 is 0 Å². The molecule has 0 bridgehead atoms. The number of nitrogens with one attached hydrogen (secondary N) is 1. The van der Waals surface area contributed by atoms with Gasteiger partial charge in [-0.3, -0.25) is 0 Å². The Labute approximate surface area is 88.3 Å². The molecule has 3 nitrogen and oxygen atoms in total. The minimum atomic E-state index is -0.666. The van der Waals surface area contributed by atoms with Crippen molar-refractivity contribution < 1.29 is 5.11 Å². The van der Waals surface area contributed by atoms with E-state index in [9.17, 15) is 5.11 Å². The van der Waals surface area contributed by atoms with Gasteiger partial charge in [0.25, 0.3) is 0 Å². The van der Waals surface area contributed by atoms with Gasteiger partial charge in [-0.2, -0.15) is 0 Å². The molecule has 0 amide bonds. The van der Waals surface area contributed by atoms with Crippen molar-refractivity contribution in [1.82, 2.24) is 9.88 Å². The van der Waals surface area contributed by atoms with E-state index in [1.165, 1.54) is 5.52 Å². The van der Waals surface area contributed by atoms with E-state index >= 15 is 0 Å². The van der Waals surface area contributed by atoms with Crippen molar-refractivity contribution in [2.24, 2.45) is 7.05 Å². The van der Waals surface area contributed by atoms with Crippen molar-refractivity contribution in [3.63, 3.8) is 0 Å². The van der Waals surface area contributed by atoms with Crippen molar-refractivity contribution in [2.75, 3.05) is 13.1 Å². The lowest BCUT2D eigenvalue weighted by Crippen LogP contribution is -2.56. The summed E-state index contributed by atoms with van der Waals surface area (Å²) in [6, 6.07) is 8.19. The molecule has 1 fully saturated rings. The number of nitrogens with zero attached hydrogens (tertiary/aromatic N) is 1. The molecule has 2 heterocycles. The van der Waals surface area contributed by atoms with E-state index in [0.717, 1.165) is 10.9 Å². The molecule has 0 spiro atoms. The molecular weight excluding hydrogens is 188 g/mol. The normalized spacial score (nSPS) is 19.1. The van der Waals surface area contributed by atoms with Gasteiger partial charge in [0.1, 0.15) is 5.60 Å². The lowest BCUT2D eigenvalue weighted by molar-refractivity contribution is -0.0134. The molecule has 3 rings (SSSR count). The first kappa shape index (κ1) is 8.95. The Morgan fingerprint density at radius 2 is 2.07 bits per heavy atom. The molecule has 1 aromatic heterocycles. The quantitative estimate of drug-likeness (QED) is 0.723. The van der Waals surface area contributed by atoms with Crippen molar-refractivity contribution in [2.45, 2.75) is 5.60 Å². The molecule has 0 saturated carbocycles. The Kier molecular flexibility index (Phi) is 1.69. The Hall–Kier alpha value is -1.32. The standard InChI is InChI=1S/C12H14N2O/c1-14-6-10(12(15)7-13-8-12)9-4-2-3-5-11(9)14/h2-6,13,15H,7-8H2,1H3. The van der Waals surface area contributed by atoms with Crippen molar-refractivity contribution >= 4 is 10.9 Å². The van der Waals surface area contributed by atoms with Crippen LogP contribution in [0.1, 0.15) is 5.56 Å². The second-order valence-electron chi connectivity index (χ2n) is 4.31. The highest BCUT2D eigenvalue weighted by Gasteiger charge is 2.38. The zero-order valence-corrected chi connectivity index (χ0v) is 8.70. The summed E-state index contributed by atoms with van der Waals surface area (Å²) < 4.78 is 2.07. The fraction of sp³-hybridized carbons (Fsp3) is 0.333. The zero-order valence-electron chi connectivity index (χ0n) is 8.70. The number of hydrogen-bond acceptors (Lipinski definition) is 2. The first-order valence-corrected chi connectivity index (χ1v) is 5.18. The Morgan fingerprint density at radius 1 is 1.33 bits per heavy atom. The summed E-state index contributed by atoms with van der Waals surface area (Å²) in [4.78, 5) is 0. The summed E-state index contributed by atoms with van der Waals surface area (Å²) in [6.45, 7) is 1.31. The summed E-state index contributed by atoms with van der Waals surface area (Å²) in [6.07, 6.45) is 2.03. The topological polar surface area (TPSA) is 37.2 Å². The summed E-state index contributed by atoms with van der Waals surface area (Å²) >= 11 is 0. The summed E-state index contributed by atoms with van der Waals surface area (Å²) in [7, 11) is 2.02. The number of aliphatic hydroxyl groups is 1. The Morgan fingerprint density at radius 3 is 2.73 bits per heavy atom. The van der Waals surface area contributed by atoms with Crippen LogP contribution in [0.25, 0.3) is 10.9 Å². The largest absolute Gasteiger partial charge is 0.382 e. The molecule has 0 atom stereocenters. The van der Waals surface area contributed by atoms with E-state index in [4.69, 9.17) is 0 Å². The SMILES string of the molecule is Cn1cc(C2(O)CNC2)c2ccccc21. The molecule has 2 aromatic rings. The van der Waals surface area contributed by atoms with E-state index in [2.05, 4.69) is 22.0 Å². The van der Waals surface area contributed by atoms with E-state index in [-0.39, 0.29) is 0 Å². The average Bonchev–Trinajstić information content (AvgIpc) is 2.54. The van der Waals surface area contributed by atoms with Gasteiger partial charge < -0.3 is 15.0 Å². The molecule has 2 N–H and O–H groups in total. The van der Waals surface area contributed by atoms with Crippen LogP contribution in [0.5, 0.6) is 0 Å². The van der Waals surface area contributed by atoms with Crippen LogP contribution in [0.3, 0.4) is 0 Å². The van der Waals surface area contributed by atoms with E-state index < -0.39 is 5.60 Å². The average molecular weight is 202 g/mol. The second kappa shape index (κ2) is 2.84. The molecule has 0 radical (unpaired) electrons. The third-order valence-corrected chi connectivity index (χ3v) is 3.23. The molecule has 1 saturated heterocycles. The monoisotopic (exact) mass is 202 g/mol. The van der Waals surface area contributed by atoms with Crippen LogP contribution >= 0.6 is 0 Å². The third kappa shape index (κ3) is 1.14. The van der Waals surface area contributed by atoms with Gasteiger partial charge in [0.05, 0.1) is 0 Å². The van der Waals surface area contributed by atoms with Gasteiger partial charge in [0, 0.05) is 42.8 Å². The lowest BCUT2D eigenvalue weighted by Gasteiger charge is -2.37. The molecule has 1 aliphatic heterocycles. The van der Waals surface area contributed by atoms with E-state index in [0.29, 0.717) is 13.1 Å². The molecule has 1 aliphatic rings. The van der Waals surface area contributed by atoms with Crippen molar-refractivity contribution in [1.29, 1.82) is 0 Å². The number of para-hydroxylation sites is 1. The van der Waals surface area contributed by atoms with Crippen LogP contribution in [0, 0.1) is 0 Å². The van der Waals surface area contributed by atoms with E-state index in [1.807, 2.05) is 25.4 Å². The smallest absolute Gasteiger partial charge is 0.116 e. The van der Waals surface area contributed by atoms with Gasteiger partial charge in [-0.15, -0.1) is 0 Å². The number of benzene rings is 1. The highest BCUT2D eigenvalue weighted by molar-refractivity contribution is 5.85. The molecule has 1 aromatic carbocycles. The molecular formula is C12H14N2O. The van der Waals surface area contributed by atoms with Crippen molar-refractivity contribution in [3.8, 4) is 0 Å². The number of aromatic nitrogens is 1. The van der Waals surface area contributed by atoms with E-state index in [1.54, 1.807) is 0 Å². The maximum atomic E-state index is 10.3. The number of β-amino-alcohol motifs (C(OH)–C–C–N with tert-alkyl or cyclic N) is 1. The minimum Gasteiger partial charge on any atom is -0.382 e. The van der Waals surface area contributed by atoms with Crippen LogP contribution in [0.15, 0.2) is 30.5 Å². The number of aryl methyl sites for hydroxylation is 1. The Bertz CT molecular complexity index is 511. The summed E-state index contributed by atoms with van der Waals surface area (Å²) in [5, 5.41) is 14.6. The van der Waals surface area contributed by atoms with Crippen LogP contribution < -0.4 is 5.32 Å². The minimum absolute atomic E-state index is 0.654. The summed E-state index contributed by atoms with van der Waals surface area (Å²) in [5.74, 6) is 0. The zero-order chi connectivity index (χ0) is 10.5. The molecule has 78 valence electrons. The van der Waals surface area contributed by atoms with Gasteiger partial charge in [0.15, 0.2) is 0 Å². The van der Waals surface area contributed by atoms with Crippen LogP contribution in [-0.2, 0) is 12.6 Å². The van der Waals surface area contributed by atoms with Gasteiger partial charge in [-0.1, -0.05) is 18.2 Å². The molecule has 3 heteroatoms. The fourth-order valence-electron chi connectivity index (χ4n) is 2.26. The first-order chi connectivity index (χ1) is 7.21. The maximum absolute atomic E-state index is 10.3. The van der Waals surface area contributed by atoms with Crippen LogP contribution in [0.2, 0.25) is 0 Å². The summed E-state index contributed by atoms with van der Waals surface area (Å²) in [5.41, 5.74) is 1.55. The number of hydrogen-bond donors (Lipinski definition) is 2. The van der Waals surface area contributed by atoms with Crippen LogP contribution in [0.4, 0.5) is 0 Å². The molecule has 0 unspecified atom stereocenters. The van der Waals surface area contributed by atoms with Gasteiger partial charge in [-0.25, -0.2) is 0 Å². The Balaban J connectivity index is 2.27. The highest BCUT2D eigenvalue weighted by Crippen LogP contribution is 2.32. The molecule has 15 heavy (non-hydrogen) atoms. The first-order valence-electron chi connectivity index (χ1n) is 5.18. The third-order valence-electron chi connectivity index (χ3n) is 3.23. The number of rotatable bonds is 1. The van der Waals surface area contributed by atoms with Gasteiger partial charge in [-0.05, 0) is 6.07 Å². The van der Waals surface area contributed by atoms with Gasteiger partial charge in [0.2, 0.25) is 0 Å². The predicted molar refractivity (Wildman–Crippen MR) is 59.7 cm³/mol. The highest BCUT2D eigenvalue weighted by atomic mass is 16.3. The number of fused-ring (bicyclic) bond motifs is 1. The van der Waals surface area contributed by atoms with Crippen LogP contribution in [-0.4, -0.2) is 22.8 Å². The van der Waals surface area contributed by atoms with Crippen molar-refractivity contribution in [3.05, 3.63) is 36.0 Å². The fourth-order valence-corrected chi connectivity index (χ4v) is 2.26.